The first kappa shape index (κ1) is 19.2. The third kappa shape index (κ3) is 5.44. The fourth-order valence-electron chi connectivity index (χ4n) is 2.76. The fraction of sp³-hybridized carbons (Fsp3) is 0.286. The van der Waals surface area contributed by atoms with Crippen molar-refractivity contribution < 1.29 is 4.79 Å². The molecule has 1 amide bonds. The van der Waals surface area contributed by atoms with Crippen LogP contribution in [0.25, 0.3) is 0 Å². The van der Waals surface area contributed by atoms with E-state index in [4.69, 9.17) is 0 Å². The monoisotopic (exact) mass is 380 g/mol. The van der Waals surface area contributed by atoms with Crippen LogP contribution in [0.2, 0.25) is 0 Å². The minimum absolute atomic E-state index is 0.00898. The van der Waals surface area contributed by atoms with Crippen LogP contribution in [0.3, 0.4) is 0 Å². The summed E-state index contributed by atoms with van der Waals surface area (Å²) in [4.78, 5) is 12.2. The third-order valence-corrected chi connectivity index (χ3v) is 5.36. The summed E-state index contributed by atoms with van der Waals surface area (Å²) in [5, 5.41) is 12.2. The second-order valence-electron chi connectivity index (χ2n) is 6.51. The molecule has 6 heteroatoms. The predicted molar refractivity (Wildman–Crippen MR) is 109 cm³/mol. The molecule has 0 fully saturated rings. The van der Waals surface area contributed by atoms with Crippen LogP contribution in [0.15, 0.2) is 65.8 Å². The van der Waals surface area contributed by atoms with Gasteiger partial charge in [-0.25, -0.2) is 0 Å². The van der Waals surface area contributed by atoms with Gasteiger partial charge in [0.2, 0.25) is 5.91 Å². The summed E-state index contributed by atoms with van der Waals surface area (Å²) in [6, 6.07) is 20.4. The Labute approximate surface area is 164 Å². The van der Waals surface area contributed by atoms with E-state index >= 15 is 0 Å². The number of aromatic nitrogens is 3. The molecule has 27 heavy (non-hydrogen) atoms. The molecular formula is C21H24N4OS. The normalized spacial score (nSPS) is 11.9. The highest BCUT2D eigenvalue weighted by molar-refractivity contribution is 7.99. The number of carbonyl (C=O) groups excluding carboxylic acids is 1. The van der Waals surface area contributed by atoms with Gasteiger partial charge in [0.25, 0.3) is 0 Å². The zero-order valence-corrected chi connectivity index (χ0v) is 16.4. The van der Waals surface area contributed by atoms with Gasteiger partial charge in [-0.1, -0.05) is 79.3 Å². The lowest BCUT2D eigenvalue weighted by molar-refractivity contribution is -0.118. The summed E-state index contributed by atoms with van der Waals surface area (Å²) >= 11 is 1.42. The molecule has 2 aromatic carbocycles. The van der Waals surface area contributed by atoms with E-state index in [2.05, 4.69) is 46.7 Å². The Morgan fingerprint density at radius 1 is 1.07 bits per heavy atom. The number of aryl methyl sites for hydroxylation is 1. The summed E-state index contributed by atoms with van der Waals surface area (Å²) in [5.41, 5.74) is 2.41. The van der Waals surface area contributed by atoms with E-state index in [9.17, 15) is 4.79 Å². The van der Waals surface area contributed by atoms with Crippen LogP contribution < -0.4 is 5.32 Å². The van der Waals surface area contributed by atoms with Crippen molar-refractivity contribution in [3.63, 3.8) is 0 Å². The number of amides is 1. The van der Waals surface area contributed by atoms with E-state index < -0.39 is 0 Å². The Bertz CT molecular complexity index is 864. The smallest absolute Gasteiger partial charge is 0.230 e. The van der Waals surface area contributed by atoms with Gasteiger partial charge in [0.05, 0.1) is 12.3 Å². The highest BCUT2D eigenvalue weighted by Crippen LogP contribution is 2.18. The zero-order valence-electron chi connectivity index (χ0n) is 15.6. The average molecular weight is 381 g/mol. The molecule has 3 aromatic rings. The van der Waals surface area contributed by atoms with Crippen molar-refractivity contribution in [2.75, 3.05) is 12.3 Å². The molecule has 0 bridgehead atoms. The van der Waals surface area contributed by atoms with Crippen LogP contribution in [0.4, 0.5) is 0 Å². The molecule has 0 radical (unpaired) electrons. The van der Waals surface area contributed by atoms with Gasteiger partial charge in [0.15, 0.2) is 5.16 Å². The molecule has 1 unspecified atom stereocenters. The second-order valence-corrected chi connectivity index (χ2v) is 7.45. The first-order valence-corrected chi connectivity index (χ1v) is 10.00. The van der Waals surface area contributed by atoms with Crippen LogP contribution in [0.1, 0.15) is 29.8 Å². The van der Waals surface area contributed by atoms with Gasteiger partial charge in [-0.3, -0.25) is 4.79 Å². The minimum Gasteiger partial charge on any atom is -0.355 e. The topological polar surface area (TPSA) is 59.8 Å². The minimum atomic E-state index is 0.00898. The molecule has 140 valence electrons. The number of carbonyl (C=O) groups is 1. The number of thioether (sulfide) groups is 1. The maximum absolute atomic E-state index is 12.2. The van der Waals surface area contributed by atoms with Crippen LogP contribution in [-0.2, 0) is 11.3 Å². The van der Waals surface area contributed by atoms with Crippen molar-refractivity contribution in [3.05, 3.63) is 77.6 Å². The van der Waals surface area contributed by atoms with Crippen molar-refractivity contribution in [2.24, 2.45) is 0 Å². The Balaban J connectivity index is 1.52. The second kappa shape index (κ2) is 9.37. The highest BCUT2D eigenvalue weighted by atomic mass is 32.2. The first-order chi connectivity index (χ1) is 13.1. The molecule has 1 aromatic heterocycles. The van der Waals surface area contributed by atoms with Gasteiger partial charge in [-0.05, 0) is 24.0 Å². The SMILES string of the molecule is Cc1nnc(SCC(=O)NCC(C)c2ccccc2)n1Cc1ccccc1. The zero-order chi connectivity index (χ0) is 19.1. The lowest BCUT2D eigenvalue weighted by Gasteiger charge is -2.13. The Morgan fingerprint density at radius 2 is 1.74 bits per heavy atom. The molecule has 5 nitrogen and oxygen atoms in total. The molecule has 1 atom stereocenters. The summed E-state index contributed by atoms with van der Waals surface area (Å²) in [6.45, 7) is 5.37. The average Bonchev–Trinajstić information content (AvgIpc) is 3.05. The van der Waals surface area contributed by atoms with E-state index in [1.165, 1.54) is 22.9 Å². The number of hydrogen-bond donors (Lipinski definition) is 1. The Hall–Kier alpha value is -2.60. The van der Waals surface area contributed by atoms with Crippen molar-refractivity contribution in [1.29, 1.82) is 0 Å². The van der Waals surface area contributed by atoms with Gasteiger partial charge in [-0.15, -0.1) is 10.2 Å². The van der Waals surface area contributed by atoms with Gasteiger partial charge in [0, 0.05) is 6.54 Å². The predicted octanol–water partition coefficient (Wildman–Crippen LogP) is 3.65. The number of nitrogens with zero attached hydrogens (tertiary/aromatic N) is 3. The molecular weight excluding hydrogens is 356 g/mol. The van der Waals surface area contributed by atoms with Crippen molar-refractivity contribution in [1.82, 2.24) is 20.1 Å². The van der Waals surface area contributed by atoms with Gasteiger partial charge >= 0.3 is 0 Å². The fourth-order valence-corrected chi connectivity index (χ4v) is 3.58. The van der Waals surface area contributed by atoms with E-state index in [1.54, 1.807) is 0 Å². The molecule has 0 saturated carbocycles. The number of hydrogen-bond acceptors (Lipinski definition) is 4. The Kier molecular flexibility index (Phi) is 6.65. The number of rotatable bonds is 8. The van der Waals surface area contributed by atoms with E-state index in [-0.39, 0.29) is 11.8 Å². The molecule has 0 spiro atoms. The molecule has 1 N–H and O–H groups in total. The molecule has 1 heterocycles. The van der Waals surface area contributed by atoms with Crippen LogP contribution in [-0.4, -0.2) is 33.0 Å². The maximum Gasteiger partial charge on any atom is 0.230 e. The van der Waals surface area contributed by atoms with Crippen molar-refractivity contribution in [3.8, 4) is 0 Å². The standard InChI is InChI=1S/C21H24N4OS/c1-16(19-11-7-4-8-12-19)13-22-20(26)15-27-21-24-23-17(2)25(21)14-18-9-5-3-6-10-18/h3-12,16H,13-15H2,1-2H3,(H,22,26). The first-order valence-electron chi connectivity index (χ1n) is 9.01. The van der Waals surface area contributed by atoms with Gasteiger partial charge in [-0.2, -0.15) is 0 Å². The summed E-state index contributed by atoms with van der Waals surface area (Å²) in [5.74, 6) is 1.47. The van der Waals surface area contributed by atoms with Crippen LogP contribution in [0.5, 0.6) is 0 Å². The van der Waals surface area contributed by atoms with Crippen LogP contribution in [0, 0.1) is 6.92 Å². The number of benzene rings is 2. The number of nitrogens with one attached hydrogen (secondary N) is 1. The van der Waals surface area contributed by atoms with Gasteiger partial charge < -0.3 is 9.88 Å². The summed E-state index contributed by atoms with van der Waals surface area (Å²) in [7, 11) is 0. The lowest BCUT2D eigenvalue weighted by Crippen LogP contribution is -2.29. The summed E-state index contributed by atoms with van der Waals surface area (Å²) < 4.78 is 2.04. The largest absolute Gasteiger partial charge is 0.355 e. The molecule has 0 aliphatic rings. The quantitative estimate of drug-likeness (QED) is 0.606. The molecule has 0 saturated heterocycles. The van der Waals surface area contributed by atoms with Crippen molar-refractivity contribution >= 4 is 17.7 Å². The molecule has 0 aliphatic heterocycles. The van der Waals surface area contributed by atoms with Crippen molar-refractivity contribution in [2.45, 2.75) is 31.5 Å². The van der Waals surface area contributed by atoms with Crippen LogP contribution >= 0.6 is 11.8 Å². The molecule has 0 aliphatic carbocycles. The third-order valence-electron chi connectivity index (χ3n) is 4.39. The maximum atomic E-state index is 12.2. The van der Waals surface area contributed by atoms with E-state index in [0.29, 0.717) is 18.8 Å². The Morgan fingerprint density at radius 3 is 2.44 bits per heavy atom. The highest BCUT2D eigenvalue weighted by Gasteiger charge is 2.13. The van der Waals surface area contributed by atoms with Gasteiger partial charge in [0.1, 0.15) is 5.82 Å². The molecule has 3 rings (SSSR count). The summed E-state index contributed by atoms with van der Waals surface area (Å²) in [6.07, 6.45) is 0. The van der Waals surface area contributed by atoms with E-state index in [1.807, 2.05) is 47.9 Å². The van der Waals surface area contributed by atoms with E-state index in [0.717, 1.165) is 11.0 Å². The lowest BCUT2D eigenvalue weighted by atomic mass is 10.0.